The summed E-state index contributed by atoms with van der Waals surface area (Å²) < 4.78 is 4.45. The minimum Gasteiger partial charge on any atom is -0.465 e. The van der Waals surface area contributed by atoms with E-state index in [0.717, 1.165) is 0 Å². The molecule has 7 nitrogen and oxygen atoms in total. The first-order valence-corrected chi connectivity index (χ1v) is 4.08. The van der Waals surface area contributed by atoms with Gasteiger partial charge < -0.3 is 15.5 Å². The molecule has 0 bridgehead atoms. The van der Waals surface area contributed by atoms with Crippen LogP contribution >= 0.6 is 0 Å². The third-order valence-corrected chi connectivity index (χ3v) is 2.00. The molecule has 0 atom stereocenters. The van der Waals surface area contributed by atoms with Crippen LogP contribution in [0.5, 0.6) is 0 Å². The molecule has 0 saturated carbocycles. The lowest BCUT2D eigenvalue weighted by atomic mass is 10.2. The fourth-order valence-electron chi connectivity index (χ4n) is 1.25. The molecule has 4 N–H and O–H groups in total. The second kappa shape index (κ2) is 3.12. The molecular formula is C8H8N4O3. The van der Waals surface area contributed by atoms with E-state index in [4.69, 9.17) is 5.73 Å². The largest absolute Gasteiger partial charge is 0.465 e. The number of nitrogen functional groups attached to an aromatic ring is 1. The summed E-state index contributed by atoms with van der Waals surface area (Å²) >= 11 is 0. The monoisotopic (exact) mass is 208 g/mol. The number of methoxy groups -OCH3 is 1. The van der Waals surface area contributed by atoms with Crippen LogP contribution in [-0.2, 0) is 4.74 Å². The van der Waals surface area contributed by atoms with Gasteiger partial charge in [-0.05, 0) is 6.07 Å². The van der Waals surface area contributed by atoms with Gasteiger partial charge in [0.2, 0.25) is 0 Å². The number of nitrogens with zero attached hydrogens (tertiary/aromatic N) is 1. The number of carbonyl (C=O) groups excluding carboxylic acids is 1. The Morgan fingerprint density at radius 2 is 2.33 bits per heavy atom. The number of rotatable bonds is 1. The van der Waals surface area contributed by atoms with E-state index in [0.29, 0.717) is 11.0 Å². The van der Waals surface area contributed by atoms with Crippen molar-refractivity contribution in [3.63, 3.8) is 0 Å². The highest BCUT2D eigenvalue weighted by Crippen LogP contribution is 2.14. The Hall–Kier alpha value is -2.31. The van der Waals surface area contributed by atoms with Crippen molar-refractivity contribution in [2.75, 3.05) is 12.8 Å². The van der Waals surface area contributed by atoms with Gasteiger partial charge in [0.15, 0.2) is 5.65 Å². The van der Waals surface area contributed by atoms with Crippen molar-refractivity contribution >= 4 is 22.8 Å². The number of nitrogens with two attached hydrogens (primary N) is 1. The first-order valence-electron chi connectivity index (χ1n) is 4.08. The Bertz CT molecular complexity index is 583. The van der Waals surface area contributed by atoms with Crippen LogP contribution in [0.2, 0.25) is 0 Å². The summed E-state index contributed by atoms with van der Waals surface area (Å²) in [6.45, 7) is 0. The summed E-state index contributed by atoms with van der Waals surface area (Å²) in [5.41, 5.74) is 5.20. The molecule has 2 aromatic heterocycles. The van der Waals surface area contributed by atoms with E-state index in [1.807, 2.05) is 0 Å². The smallest absolute Gasteiger partial charge is 0.343 e. The zero-order valence-electron chi connectivity index (χ0n) is 7.83. The molecule has 0 aromatic carbocycles. The number of esters is 1. The lowest BCUT2D eigenvalue weighted by Gasteiger charge is -1.97. The fourth-order valence-corrected chi connectivity index (χ4v) is 1.25. The Balaban J connectivity index is 2.76. The molecule has 2 aromatic rings. The summed E-state index contributed by atoms with van der Waals surface area (Å²) in [4.78, 5) is 25.0. The summed E-state index contributed by atoms with van der Waals surface area (Å²) in [7, 11) is 1.20. The van der Waals surface area contributed by atoms with E-state index >= 15 is 0 Å². The summed E-state index contributed by atoms with van der Waals surface area (Å²) in [6, 6.07) is 1.35. The fraction of sp³-hybridized carbons (Fsp3) is 0.125. The maximum absolute atomic E-state index is 11.4. The summed E-state index contributed by atoms with van der Waals surface area (Å²) in [5.74, 6) is -0.426. The van der Waals surface area contributed by atoms with Crippen molar-refractivity contribution in [1.82, 2.24) is 15.2 Å². The molecule has 0 aliphatic rings. The second-order valence-corrected chi connectivity index (χ2v) is 2.90. The van der Waals surface area contributed by atoms with Crippen molar-refractivity contribution in [2.24, 2.45) is 0 Å². The Kier molecular flexibility index (Phi) is 1.93. The van der Waals surface area contributed by atoms with Gasteiger partial charge in [-0.1, -0.05) is 0 Å². The minimum absolute atomic E-state index is 0.0990. The number of nitrogens with one attached hydrogen (secondary N) is 2. The van der Waals surface area contributed by atoms with Crippen molar-refractivity contribution in [3.05, 3.63) is 22.0 Å². The van der Waals surface area contributed by atoms with Crippen LogP contribution in [0.4, 0.5) is 5.82 Å². The number of aromatic nitrogens is 3. The van der Waals surface area contributed by atoms with Gasteiger partial charge in [0.1, 0.15) is 11.4 Å². The van der Waals surface area contributed by atoms with E-state index in [9.17, 15) is 9.59 Å². The zero-order valence-corrected chi connectivity index (χ0v) is 7.83. The third kappa shape index (κ3) is 1.33. The predicted molar refractivity (Wildman–Crippen MR) is 52.5 cm³/mol. The highest BCUT2D eigenvalue weighted by atomic mass is 16.5. The van der Waals surface area contributed by atoms with Gasteiger partial charge in [0.05, 0.1) is 12.5 Å². The molecular weight excluding hydrogens is 200 g/mol. The van der Waals surface area contributed by atoms with Gasteiger partial charge in [-0.15, -0.1) is 0 Å². The highest BCUT2D eigenvalue weighted by molar-refractivity contribution is 5.95. The van der Waals surface area contributed by atoms with Gasteiger partial charge >= 0.3 is 5.97 Å². The van der Waals surface area contributed by atoms with Gasteiger partial charge in [-0.3, -0.25) is 9.89 Å². The van der Waals surface area contributed by atoms with E-state index in [1.54, 1.807) is 0 Å². The average molecular weight is 208 g/mol. The Morgan fingerprint density at radius 1 is 1.60 bits per heavy atom. The molecule has 0 radical (unpaired) electrons. The lowest BCUT2D eigenvalue weighted by molar-refractivity contribution is 0.0599. The second-order valence-electron chi connectivity index (χ2n) is 2.90. The maximum Gasteiger partial charge on any atom is 0.343 e. The minimum atomic E-state index is -0.709. The molecule has 0 aliphatic heterocycles. The molecule has 0 aliphatic carbocycles. The first-order chi connectivity index (χ1) is 7.13. The molecule has 78 valence electrons. The molecule has 7 heteroatoms. The van der Waals surface area contributed by atoms with E-state index in [-0.39, 0.29) is 11.4 Å². The number of aromatic amines is 2. The number of pyridine rings is 1. The van der Waals surface area contributed by atoms with Crippen LogP contribution in [0.15, 0.2) is 10.9 Å². The molecule has 0 saturated heterocycles. The topological polar surface area (TPSA) is 114 Å². The van der Waals surface area contributed by atoms with Gasteiger partial charge in [0, 0.05) is 0 Å². The number of ether oxygens (including phenoxy) is 1. The third-order valence-electron chi connectivity index (χ3n) is 2.00. The van der Waals surface area contributed by atoms with Crippen molar-refractivity contribution in [2.45, 2.75) is 0 Å². The van der Waals surface area contributed by atoms with Gasteiger partial charge in [-0.25, -0.2) is 4.79 Å². The number of hydrogen-bond acceptors (Lipinski definition) is 5. The first kappa shape index (κ1) is 9.25. The van der Waals surface area contributed by atoms with Gasteiger partial charge in [0.25, 0.3) is 5.56 Å². The van der Waals surface area contributed by atoms with E-state index in [2.05, 4.69) is 19.9 Å². The van der Waals surface area contributed by atoms with E-state index in [1.165, 1.54) is 13.2 Å². The number of fused-ring (bicyclic) bond motifs is 1. The van der Waals surface area contributed by atoms with E-state index < -0.39 is 11.5 Å². The lowest BCUT2D eigenvalue weighted by Crippen LogP contribution is -2.18. The standard InChI is InChI=1S/C8H8N4O3/c1-15-8(14)4-2-3-5(9)11-12-6(3)10-7(4)13/h2H,1H3,(H4,9,10,11,12,13). The van der Waals surface area contributed by atoms with Crippen LogP contribution in [0, 0.1) is 0 Å². The summed E-state index contributed by atoms with van der Waals surface area (Å²) in [6.07, 6.45) is 0. The van der Waals surface area contributed by atoms with Gasteiger partial charge in [-0.2, -0.15) is 5.10 Å². The van der Waals surface area contributed by atoms with Crippen LogP contribution in [-0.4, -0.2) is 28.3 Å². The van der Waals surface area contributed by atoms with Crippen LogP contribution in [0.3, 0.4) is 0 Å². The molecule has 0 spiro atoms. The zero-order chi connectivity index (χ0) is 11.0. The molecule has 0 fully saturated rings. The van der Waals surface area contributed by atoms with Crippen molar-refractivity contribution in [1.29, 1.82) is 0 Å². The number of H-pyrrole nitrogens is 2. The van der Waals surface area contributed by atoms with Crippen molar-refractivity contribution < 1.29 is 9.53 Å². The van der Waals surface area contributed by atoms with Crippen LogP contribution in [0.1, 0.15) is 10.4 Å². The molecule has 15 heavy (non-hydrogen) atoms. The number of hydrogen-bond donors (Lipinski definition) is 3. The SMILES string of the molecule is COC(=O)c1cc2c(N)[nH]nc2[nH]c1=O. The molecule has 0 amide bonds. The predicted octanol–water partition coefficient (Wildman–Crippen LogP) is -0.380. The molecule has 0 unspecified atom stereocenters. The molecule has 2 heterocycles. The maximum atomic E-state index is 11.4. The normalized spacial score (nSPS) is 10.5. The Morgan fingerprint density at radius 3 is 3.00 bits per heavy atom. The summed E-state index contributed by atoms with van der Waals surface area (Å²) in [5, 5.41) is 6.72. The molecule has 2 rings (SSSR count). The Labute approximate surface area is 83.2 Å². The van der Waals surface area contributed by atoms with Crippen LogP contribution < -0.4 is 11.3 Å². The highest BCUT2D eigenvalue weighted by Gasteiger charge is 2.14. The average Bonchev–Trinajstić information content (AvgIpc) is 2.58. The van der Waals surface area contributed by atoms with Crippen molar-refractivity contribution in [3.8, 4) is 0 Å². The van der Waals surface area contributed by atoms with Crippen LogP contribution in [0.25, 0.3) is 11.0 Å². The number of carbonyl (C=O) groups is 1. The quantitative estimate of drug-likeness (QED) is 0.553. The number of anilines is 1.